The van der Waals surface area contributed by atoms with E-state index in [1.165, 1.54) is 26.4 Å². The van der Waals surface area contributed by atoms with Gasteiger partial charge in [0, 0.05) is 6.54 Å². The number of esters is 1. The maximum absolute atomic E-state index is 13.6. The molecule has 0 heterocycles. The third-order valence-corrected chi connectivity index (χ3v) is 3.75. The summed E-state index contributed by atoms with van der Waals surface area (Å²) in [5, 5.41) is 2.50. The van der Waals surface area contributed by atoms with Crippen molar-refractivity contribution in [1.29, 1.82) is 0 Å². The van der Waals surface area contributed by atoms with Crippen LogP contribution in [0.5, 0.6) is 11.5 Å². The summed E-state index contributed by atoms with van der Waals surface area (Å²) in [4.78, 5) is 23.7. The van der Waals surface area contributed by atoms with E-state index in [9.17, 15) is 14.0 Å². The van der Waals surface area contributed by atoms with Gasteiger partial charge >= 0.3 is 5.97 Å². The van der Waals surface area contributed by atoms with Gasteiger partial charge in [-0.25, -0.2) is 9.18 Å². The lowest BCUT2D eigenvalue weighted by Crippen LogP contribution is -2.28. The average Bonchev–Trinajstić information content (AvgIpc) is 2.64. The van der Waals surface area contributed by atoms with E-state index < -0.39 is 29.9 Å². The zero-order valence-electron chi connectivity index (χ0n) is 14.2. The van der Waals surface area contributed by atoms with Crippen LogP contribution < -0.4 is 14.8 Å². The van der Waals surface area contributed by atoms with Crippen LogP contribution in [0.1, 0.15) is 15.9 Å². The molecular weight excluding hydrogens is 365 g/mol. The minimum Gasteiger partial charge on any atom is -0.493 e. The molecule has 0 aliphatic carbocycles. The van der Waals surface area contributed by atoms with E-state index in [1.807, 2.05) is 0 Å². The van der Waals surface area contributed by atoms with Crippen LogP contribution in [0, 0.1) is 5.82 Å². The van der Waals surface area contributed by atoms with Crippen LogP contribution in [0.4, 0.5) is 4.39 Å². The van der Waals surface area contributed by atoms with Crippen molar-refractivity contribution in [1.82, 2.24) is 5.32 Å². The van der Waals surface area contributed by atoms with Crippen molar-refractivity contribution in [3.63, 3.8) is 0 Å². The first-order chi connectivity index (χ1) is 12.5. The normalized spacial score (nSPS) is 10.2. The molecule has 2 aromatic carbocycles. The Hall–Kier alpha value is -2.80. The number of nitrogens with one attached hydrogen (secondary N) is 1. The highest BCUT2D eigenvalue weighted by molar-refractivity contribution is 6.33. The fourth-order valence-corrected chi connectivity index (χ4v) is 2.38. The molecule has 0 aliphatic heterocycles. The zero-order chi connectivity index (χ0) is 19.1. The van der Waals surface area contributed by atoms with E-state index in [4.69, 9.17) is 25.8 Å². The fourth-order valence-electron chi connectivity index (χ4n) is 2.14. The van der Waals surface area contributed by atoms with Gasteiger partial charge in [0.05, 0.1) is 19.2 Å². The van der Waals surface area contributed by atoms with Crippen molar-refractivity contribution in [3.05, 3.63) is 58.4 Å². The first kappa shape index (κ1) is 19.5. The van der Waals surface area contributed by atoms with E-state index in [0.717, 1.165) is 11.6 Å². The Kier molecular flexibility index (Phi) is 6.80. The second-order valence-corrected chi connectivity index (χ2v) is 5.55. The highest BCUT2D eigenvalue weighted by Crippen LogP contribution is 2.27. The molecule has 2 rings (SSSR count). The van der Waals surface area contributed by atoms with Gasteiger partial charge in [-0.2, -0.15) is 0 Å². The number of amides is 1. The monoisotopic (exact) mass is 381 g/mol. The molecule has 26 heavy (non-hydrogen) atoms. The molecule has 138 valence electrons. The van der Waals surface area contributed by atoms with Crippen LogP contribution in [0.25, 0.3) is 0 Å². The van der Waals surface area contributed by atoms with Gasteiger partial charge in [-0.05, 0) is 29.8 Å². The summed E-state index contributed by atoms with van der Waals surface area (Å²) in [5.41, 5.74) is 0.362. The lowest BCUT2D eigenvalue weighted by Gasteiger charge is -2.11. The largest absolute Gasteiger partial charge is 0.493 e. The number of ether oxygens (including phenoxy) is 3. The Bertz CT molecular complexity index is 792. The van der Waals surface area contributed by atoms with E-state index in [1.54, 1.807) is 18.2 Å². The van der Waals surface area contributed by atoms with Gasteiger partial charge < -0.3 is 19.5 Å². The maximum atomic E-state index is 13.6. The number of methoxy groups -OCH3 is 2. The van der Waals surface area contributed by atoms with Crippen molar-refractivity contribution in [2.75, 3.05) is 20.8 Å². The molecule has 1 amide bonds. The third-order valence-electron chi connectivity index (χ3n) is 3.44. The van der Waals surface area contributed by atoms with Gasteiger partial charge in [0.15, 0.2) is 18.1 Å². The number of hydrogen-bond acceptors (Lipinski definition) is 5. The molecule has 0 bridgehead atoms. The van der Waals surface area contributed by atoms with Gasteiger partial charge in [0.25, 0.3) is 5.91 Å². The summed E-state index contributed by atoms with van der Waals surface area (Å²) in [7, 11) is 3.03. The predicted molar refractivity (Wildman–Crippen MR) is 93.1 cm³/mol. The lowest BCUT2D eigenvalue weighted by molar-refractivity contribution is -0.124. The summed E-state index contributed by atoms with van der Waals surface area (Å²) >= 11 is 5.77. The topological polar surface area (TPSA) is 73.9 Å². The lowest BCUT2D eigenvalue weighted by atomic mass is 10.2. The maximum Gasteiger partial charge on any atom is 0.343 e. The number of carbonyl (C=O) groups excluding carboxylic acids is 2. The highest BCUT2D eigenvalue weighted by atomic mass is 35.5. The van der Waals surface area contributed by atoms with E-state index in [0.29, 0.717) is 11.5 Å². The number of hydrogen-bond donors (Lipinski definition) is 1. The molecule has 0 radical (unpaired) electrons. The molecule has 2 aromatic rings. The van der Waals surface area contributed by atoms with Crippen molar-refractivity contribution >= 4 is 23.5 Å². The van der Waals surface area contributed by atoms with E-state index >= 15 is 0 Å². The van der Waals surface area contributed by atoms with Crippen LogP contribution >= 0.6 is 11.6 Å². The molecule has 1 N–H and O–H groups in total. The molecular formula is C18H17ClFNO5. The Morgan fingerprint density at radius 2 is 1.85 bits per heavy atom. The average molecular weight is 382 g/mol. The number of halogens is 2. The summed E-state index contributed by atoms with van der Waals surface area (Å²) in [6, 6.07) is 8.99. The first-order valence-electron chi connectivity index (χ1n) is 7.55. The van der Waals surface area contributed by atoms with Crippen molar-refractivity contribution in [2.45, 2.75) is 6.54 Å². The minimum atomic E-state index is -1.01. The van der Waals surface area contributed by atoms with Crippen LogP contribution in [-0.4, -0.2) is 32.7 Å². The van der Waals surface area contributed by atoms with Crippen LogP contribution in [0.2, 0.25) is 5.02 Å². The van der Waals surface area contributed by atoms with Crippen molar-refractivity contribution < 1.29 is 28.2 Å². The Balaban J connectivity index is 1.88. The second kappa shape index (κ2) is 9.05. The molecule has 0 atom stereocenters. The summed E-state index contributed by atoms with van der Waals surface area (Å²) in [5.74, 6) is -1.26. The predicted octanol–water partition coefficient (Wildman–Crippen LogP) is 2.97. The van der Waals surface area contributed by atoms with E-state index in [-0.39, 0.29) is 11.6 Å². The zero-order valence-corrected chi connectivity index (χ0v) is 14.9. The molecule has 0 spiro atoms. The Morgan fingerprint density at radius 3 is 2.50 bits per heavy atom. The van der Waals surface area contributed by atoms with Gasteiger partial charge in [-0.3, -0.25) is 4.79 Å². The Morgan fingerprint density at radius 1 is 1.12 bits per heavy atom. The Labute approximate surface area is 154 Å². The second-order valence-electron chi connectivity index (χ2n) is 5.14. The molecule has 0 unspecified atom stereocenters. The van der Waals surface area contributed by atoms with Gasteiger partial charge in [0.2, 0.25) is 0 Å². The highest BCUT2D eigenvalue weighted by Gasteiger charge is 2.18. The quantitative estimate of drug-likeness (QED) is 0.746. The first-order valence-corrected chi connectivity index (χ1v) is 7.92. The van der Waals surface area contributed by atoms with Crippen LogP contribution in [0.15, 0.2) is 36.4 Å². The van der Waals surface area contributed by atoms with Gasteiger partial charge in [0.1, 0.15) is 11.4 Å². The van der Waals surface area contributed by atoms with Crippen LogP contribution in [-0.2, 0) is 16.1 Å². The number of benzene rings is 2. The summed E-state index contributed by atoms with van der Waals surface area (Å²) in [6.07, 6.45) is 0. The van der Waals surface area contributed by atoms with E-state index in [2.05, 4.69) is 5.32 Å². The molecule has 8 heteroatoms. The molecule has 0 aromatic heterocycles. The summed E-state index contributed by atoms with van der Waals surface area (Å²) in [6.45, 7) is -0.367. The van der Waals surface area contributed by atoms with Crippen molar-refractivity contribution in [2.24, 2.45) is 0 Å². The minimum absolute atomic E-state index is 0.0827. The summed E-state index contributed by atoms with van der Waals surface area (Å²) < 4.78 is 28.7. The smallest absolute Gasteiger partial charge is 0.343 e. The van der Waals surface area contributed by atoms with Gasteiger partial charge in [-0.15, -0.1) is 0 Å². The molecule has 6 nitrogen and oxygen atoms in total. The van der Waals surface area contributed by atoms with Gasteiger partial charge in [-0.1, -0.05) is 23.7 Å². The standard InChI is InChI=1S/C18H17ClFNO5/c1-24-14-7-6-11(8-15(14)25-2)9-21-16(22)10-26-18(23)17-12(19)4-3-5-13(17)20/h3-8H,9-10H2,1-2H3,(H,21,22). The third kappa shape index (κ3) is 4.86. The van der Waals surface area contributed by atoms with Crippen LogP contribution in [0.3, 0.4) is 0 Å². The molecule has 0 fully saturated rings. The number of carbonyl (C=O) groups is 2. The SMILES string of the molecule is COc1ccc(CNC(=O)COC(=O)c2c(F)cccc2Cl)cc1OC. The van der Waals surface area contributed by atoms with Crippen molar-refractivity contribution in [3.8, 4) is 11.5 Å². The fraction of sp³-hybridized carbons (Fsp3) is 0.222. The molecule has 0 aliphatic rings. The molecule has 0 saturated heterocycles. The number of rotatable bonds is 7. The molecule has 0 saturated carbocycles.